The molecule has 0 aliphatic heterocycles. The van der Waals surface area contributed by atoms with Gasteiger partial charge < -0.3 is 15.0 Å². The van der Waals surface area contributed by atoms with E-state index in [-0.39, 0.29) is 0 Å². The number of rotatable bonds is 9. The summed E-state index contributed by atoms with van der Waals surface area (Å²) >= 11 is 0. The Labute approximate surface area is 110 Å². The van der Waals surface area contributed by atoms with Crippen LogP contribution in [0, 0.1) is 0 Å². The van der Waals surface area contributed by atoms with Crippen molar-refractivity contribution in [3.05, 3.63) is 23.9 Å². The van der Waals surface area contributed by atoms with Crippen molar-refractivity contribution in [3.63, 3.8) is 0 Å². The van der Waals surface area contributed by atoms with Gasteiger partial charge in [-0.2, -0.15) is 0 Å². The first kappa shape index (κ1) is 14.9. The molecule has 4 heteroatoms. The zero-order valence-corrected chi connectivity index (χ0v) is 11.8. The molecule has 0 fully saturated rings. The second-order valence-electron chi connectivity index (χ2n) is 4.65. The lowest BCUT2D eigenvalue weighted by molar-refractivity contribution is 0.272. The number of hydrogen-bond donors (Lipinski definition) is 1. The minimum atomic E-state index is 0.719. The Balaban J connectivity index is 2.30. The topological polar surface area (TPSA) is 37.4 Å². The molecule has 0 aliphatic carbocycles. The summed E-state index contributed by atoms with van der Waals surface area (Å²) in [6, 6.07) is 5.94. The van der Waals surface area contributed by atoms with E-state index in [9.17, 15) is 0 Å². The fourth-order valence-corrected chi connectivity index (χ4v) is 1.59. The molecule has 0 atom stereocenters. The van der Waals surface area contributed by atoms with E-state index < -0.39 is 0 Å². The van der Waals surface area contributed by atoms with Gasteiger partial charge in [-0.15, -0.1) is 0 Å². The fourth-order valence-electron chi connectivity index (χ4n) is 1.59. The molecule has 0 amide bonds. The van der Waals surface area contributed by atoms with Crippen LogP contribution in [0.4, 0.5) is 0 Å². The maximum absolute atomic E-state index is 5.64. The van der Waals surface area contributed by atoms with E-state index in [0.29, 0.717) is 0 Å². The SMILES string of the molecule is CCCNCc1cccc(OCCCN(C)C)n1. The molecule has 4 nitrogen and oxygen atoms in total. The molecule has 1 N–H and O–H groups in total. The monoisotopic (exact) mass is 251 g/mol. The highest BCUT2D eigenvalue weighted by Gasteiger charge is 1.99. The van der Waals surface area contributed by atoms with Gasteiger partial charge in [-0.1, -0.05) is 13.0 Å². The summed E-state index contributed by atoms with van der Waals surface area (Å²) in [6.07, 6.45) is 2.16. The molecule has 102 valence electrons. The van der Waals surface area contributed by atoms with Gasteiger partial charge in [0.25, 0.3) is 0 Å². The predicted molar refractivity (Wildman–Crippen MR) is 74.9 cm³/mol. The average Bonchev–Trinajstić information content (AvgIpc) is 2.35. The van der Waals surface area contributed by atoms with Gasteiger partial charge in [-0.3, -0.25) is 0 Å². The van der Waals surface area contributed by atoms with Gasteiger partial charge in [0.2, 0.25) is 5.88 Å². The van der Waals surface area contributed by atoms with Crippen LogP contribution in [0.2, 0.25) is 0 Å². The second-order valence-corrected chi connectivity index (χ2v) is 4.65. The fraction of sp³-hybridized carbons (Fsp3) is 0.643. The van der Waals surface area contributed by atoms with E-state index in [1.807, 2.05) is 18.2 Å². The second kappa shape index (κ2) is 8.89. The number of nitrogens with one attached hydrogen (secondary N) is 1. The molecule has 0 radical (unpaired) electrons. The largest absolute Gasteiger partial charge is 0.478 e. The van der Waals surface area contributed by atoms with Crippen molar-refractivity contribution in [2.45, 2.75) is 26.3 Å². The molecule has 0 saturated heterocycles. The average molecular weight is 251 g/mol. The number of ether oxygens (including phenoxy) is 1. The molecular formula is C14H25N3O. The molecule has 0 unspecified atom stereocenters. The highest BCUT2D eigenvalue weighted by Crippen LogP contribution is 2.07. The Morgan fingerprint density at radius 2 is 2.17 bits per heavy atom. The van der Waals surface area contributed by atoms with Crippen molar-refractivity contribution in [1.29, 1.82) is 0 Å². The Morgan fingerprint density at radius 1 is 1.33 bits per heavy atom. The van der Waals surface area contributed by atoms with E-state index in [1.165, 1.54) is 0 Å². The van der Waals surface area contributed by atoms with Crippen molar-refractivity contribution in [2.75, 3.05) is 33.8 Å². The van der Waals surface area contributed by atoms with Crippen LogP contribution in [0.5, 0.6) is 5.88 Å². The lowest BCUT2D eigenvalue weighted by atomic mass is 10.3. The van der Waals surface area contributed by atoms with Gasteiger partial charge in [-0.25, -0.2) is 4.98 Å². The van der Waals surface area contributed by atoms with E-state index in [0.717, 1.165) is 50.7 Å². The minimum Gasteiger partial charge on any atom is -0.478 e. The van der Waals surface area contributed by atoms with Crippen molar-refractivity contribution < 1.29 is 4.74 Å². The standard InChI is InChI=1S/C14H25N3O/c1-4-9-15-12-13-7-5-8-14(16-13)18-11-6-10-17(2)3/h5,7-8,15H,4,6,9-12H2,1-3H3. The number of pyridine rings is 1. The zero-order valence-electron chi connectivity index (χ0n) is 11.8. The van der Waals surface area contributed by atoms with E-state index >= 15 is 0 Å². The maximum Gasteiger partial charge on any atom is 0.213 e. The van der Waals surface area contributed by atoms with Crippen LogP contribution in [0.15, 0.2) is 18.2 Å². The smallest absolute Gasteiger partial charge is 0.213 e. The molecular weight excluding hydrogens is 226 g/mol. The van der Waals surface area contributed by atoms with E-state index in [2.05, 4.69) is 36.2 Å². The van der Waals surface area contributed by atoms with Crippen molar-refractivity contribution >= 4 is 0 Å². The van der Waals surface area contributed by atoms with Gasteiger partial charge in [-0.05, 0) is 39.5 Å². The van der Waals surface area contributed by atoms with Crippen LogP contribution < -0.4 is 10.1 Å². The Morgan fingerprint density at radius 3 is 2.89 bits per heavy atom. The maximum atomic E-state index is 5.64. The van der Waals surface area contributed by atoms with Crippen LogP contribution >= 0.6 is 0 Å². The summed E-state index contributed by atoms with van der Waals surface area (Å²) in [6.45, 7) is 5.75. The third-order valence-electron chi connectivity index (χ3n) is 2.51. The molecule has 1 aromatic rings. The molecule has 18 heavy (non-hydrogen) atoms. The van der Waals surface area contributed by atoms with Gasteiger partial charge >= 0.3 is 0 Å². The summed E-state index contributed by atoms with van der Waals surface area (Å²) < 4.78 is 5.64. The van der Waals surface area contributed by atoms with Gasteiger partial charge in [0.1, 0.15) is 0 Å². The van der Waals surface area contributed by atoms with Gasteiger partial charge in [0.05, 0.1) is 12.3 Å². The van der Waals surface area contributed by atoms with Crippen molar-refractivity contribution in [2.24, 2.45) is 0 Å². The summed E-state index contributed by atoms with van der Waals surface area (Å²) in [7, 11) is 4.14. The van der Waals surface area contributed by atoms with Crippen molar-refractivity contribution in [3.8, 4) is 5.88 Å². The molecule has 0 aliphatic rings. The first-order valence-corrected chi connectivity index (χ1v) is 6.66. The zero-order chi connectivity index (χ0) is 13.2. The van der Waals surface area contributed by atoms with Crippen LogP contribution in [-0.4, -0.2) is 43.7 Å². The van der Waals surface area contributed by atoms with E-state index in [4.69, 9.17) is 4.74 Å². The van der Waals surface area contributed by atoms with Crippen LogP contribution in [0.1, 0.15) is 25.5 Å². The highest BCUT2D eigenvalue weighted by atomic mass is 16.5. The molecule has 0 bridgehead atoms. The minimum absolute atomic E-state index is 0.719. The lowest BCUT2D eigenvalue weighted by Gasteiger charge is -2.10. The van der Waals surface area contributed by atoms with Gasteiger partial charge in [0, 0.05) is 19.2 Å². The Bertz CT molecular complexity index is 329. The predicted octanol–water partition coefficient (Wildman–Crippen LogP) is 1.91. The first-order chi connectivity index (χ1) is 8.72. The third kappa shape index (κ3) is 6.57. The molecule has 1 rings (SSSR count). The van der Waals surface area contributed by atoms with Crippen LogP contribution in [0.25, 0.3) is 0 Å². The summed E-state index contributed by atoms with van der Waals surface area (Å²) in [5.74, 6) is 0.726. The number of nitrogens with zero attached hydrogens (tertiary/aromatic N) is 2. The van der Waals surface area contributed by atoms with Gasteiger partial charge in [0.15, 0.2) is 0 Å². The molecule has 0 saturated carbocycles. The molecule has 0 spiro atoms. The lowest BCUT2D eigenvalue weighted by Crippen LogP contribution is -2.16. The van der Waals surface area contributed by atoms with Crippen LogP contribution in [-0.2, 0) is 6.54 Å². The quantitative estimate of drug-likeness (QED) is 0.680. The van der Waals surface area contributed by atoms with Crippen LogP contribution in [0.3, 0.4) is 0 Å². The van der Waals surface area contributed by atoms with Crippen molar-refractivity contribution in [1.82, 2.24) is 15.2 Å². The Hall–Kier alpha value is -1.13. The summed E-state index contributed by atoms with van der Waals surface area (Å²) in [5.41, 5.74) is 1.04. The Kier molecular flexibility index (Phi) is 7.37. The molecule has 0 aromatic carbocycles. The molecule has 1 aromatic heterocycles. The normalized spacial score (nSPS) is 10.9. The number of hydrogen-bond acceptors (Lipinski definition) is 4. The third-order valence-corrected chi connectivity index (χ3v) is 2.51. The summed E-state index contributed by atoms with van der Waals surface area (Å²) in [5, 5.41) is 3.34. The first-order valence-electron chi connectivity index (χ1n) is 6.66. The number of aromatic nitrogens is 1. The van der Waals surface area contributed by atoms with E-state index in [1.54, 1.807) is 0 Å². The molecule has 1 heterocycles. The summed E-state index contributed by atoms with van der Waals surface area (Å²) in [4.78, 5) is 6.62. The highest BCUT2D eigenvalue weighted by molar-refractivity contribution is 5.15.